The lowest BCUT2D eigenvalue weighted by Crippen LogP contribution is -2.32. The highest BCUT2D eigenvalue weighted by molar-refractivity contribution is 6.02. The maximum atomic E-state index is 13.1. The molecule has 0 saturated heterocycles. The summed E-state index contributed by atoms with van der Waals surface area (Å²) < 4.78 is 10.4. The predicted octanol–water partition coefficient (Wildman–Crippen LogP) is 3.69. The topological polar surface area (TPSA) is 96.7 Å². The van der Waals surface area contributed by atoms with Crippen molar-refractivity contribution in [3.8, 4) is 6.07 Å². The van der Waals surface area contributed by atoms with Crippen LogP contribution in [0.25, 0.3) is 0 Å². The van der Waals surface area contributed by atoms with Crippen molar-refractivity contribution in [2.24, 2.45) is 0 Å². The Labute approximate surface area is 186 Å². The van der Waals surface area contributed by atoms with Gasteiger partial charge in [-0.25, -0.2) is 9.59 Å². The lowest BCUT2D eigenvalue weighted by Gasteiger charge is -2.29. The van der Waals surface area contributed by atoms with Crippen LogP contribution in [0.1, 0.15) is 41.3 Å². The minimum atomic E-state index is -0.751. The fraction of sp³-hybridized carbons (Fsp3) is 0.200. The van der Waals surface area contributed by atoms with E-state index in [1.807, 2.05) is 12.1 Å². The molecule has 2 aromatic rings. The fourth-order valence-electron chi connectivity index (χ4n) is 3.38. The third-order valence-corrected chi connectivity index (χ3v) is 4.83. The van der Waals surface area contributed by atoms with Crippen molar-refractivity contribution < 1.29 is 23.9 Å². The van der Waals surface area contributed by atoms with Gasteiger partial charge in [-0.1, -0.05) is 30.3 Å². The summed E-state index contributed by atoms with van der Waals surface area (Å²) in [7, 11) is 0. The molecule has 32 heavy (non-hydrogen) atoms. The number of ether oxygens (including phenoxy) is 2. The van der Waals surface area contributed by atoms with E-state index in [1.165, 1.54) is 41.6 Å². The van der Waals surface area contributed by atoms with Crippen LogP contribution in [0.15, 0.2) is 78.1 Å². The number of amides is 1. The standard InChI is InChI=1S/C25H22N2O5/c1-3-31-24(29)20-15-27(23(28)19-12-10-17(14-26)11-13-19)16-21(25(30)32-4-2)22(20)18-8-6-5-7-9-18/h5-13,15-16,22H,3-4H2,1-2H3. The molecule has 0 fully saturated rings. The first kappa shape index (κ1) is 22.5. The van der Waals surface area contributed by atoms with Crippen molar-refractivity contribution in [1.82, 2.24) is 4.90 Å². The molecule has 162 valence electrons. The Kier molecular flexibility index (Phi) is 7.19. The van der Waals surface area contributed by atoms with E-state index >= 15 is 0 Å². The molecule has 0 N–H and O–H groups in total. The zero-order valence-corrected chi connectivity index (χ0v) is 17.8. The van der Waals surface area contributed by atoms with Gasteiger partial charge in [0.15, 0.2) is 0 Å². The highest BCUT2D eigenvalue weighted by Gasteiger charge is 2.36. The van der Waals surface area contributed by atoms with Crippen molar-refractivity contribution in [1.29, 1.82) is 5.26 Å². The van der Waals surface area contributed by atoms with Crippen LogP contribution in [0.3, 0.4) is 0 Å². The van der Waals surface area contributed by atoms with E-state index in [2.05, 4.69) is 0 Å². The van der Waals surface area contributed by atoms with Crippen molar-refractivity contribution in [2.75, 3.05) is 13.2 Å². The Balaban J connectivity index is 2.11. The van der Waals surface area contributed by atoms with Gasteiger partial charge in [0, 0.05) is 18.0 Å². The molecule has 7 nitrogen and oxygen atoms in total. The second-order valence-corrected chi connectivity index (χ2v) is 6.86. The van der Waals surface area contributed by atoms with E-state index in [4.69, 9.17) is 14.7 Å². The number of hydrogen-bond acceptors (Lipinski definition) is 6. The number of hydrogen-bond donors (Lipinski definition) is 0. The first-order valence-corrected chi connectivity index (χ1v) is 10.2. The number of benzene rings is 2. The molecule has 1 aliphatic heterocycles. The molecule has 0 atom stereocenters. The van der Waals surface area contributed by atoms with Crippen LogP contribution in [0.2, 0.25) is 0 Å². The molecule has 0 aromatic heterocycles. The first-order chi connectivity index (χ1) is 15.5. The number of carbonyl (C=O) groups is 3. The van der Waals surface area contributed by atoms with Crippen LogP contribution in [0.5, 0.6) is 0 Å². The smallest absolute Gasteiger partial charge is 0.336 e. The summed E-state index contributed by atoms with van der Waals surface area (Å²) in [5.41, 5.74) is 1.68. The van der Waals surface area contributed by atoms with Crippen molar-refractivity contribution in [3.63, 3.8) is 0 Å². The molecule has 0 aliphatic carbocycles. The zero-order chi connectivity index (χ0) is 23.1. The van der Waals surface area contributed by atoms with E-state index in [0.29, 0.717) is 16.7 Å². The monoisotopic (exact) mass is 430 g/mol. The van der Waals surface area contributed by atoms with Crippen molar-refractivity contribution in [2.45, 2.75) is 19.8 Å². The van der Waals surface area contributed by atoms with Gasteiger partial charge in [-0.05, 0) is 43.7 Å². The number of esters is 2. The average Bonchev–Trinajstić information content (AvgIpc) is 2.83. The van der Waals surface area contributed by atoms with Gasteiger partial charge in [-0.3, -0.25) is 9.69 Å². The fourth-order valence-corrected chi connectivity index (χ4v) is 3.38. The van der Waals surface area contributed by atoms with Gasteiger partial charge in [-0.2, -0.15) is 5.26 Å². The molecule has 1 heterocycles. The maximum Gasteiger partial charge on any atom is 0.336 e. The summed E-state index contributed by atoms with van der Waals surface area (Å²) in [4.78, 5) is 40.0. The molecule has 3 rings (SSSR count). The van der Waals surface area contributed by atoms with E-state index in [1.54, 1.807) is 38.1 Å². The van der Waals surface area contributed by atoms with Gasteiger partial charge < -0.3 is 9.47 Å². The lowest BCUT2D eigenvalue weighted by atomic mass is 9.83. The molecule has 7 heteroatoms. The molecule has 1 aliphatic rings. The van der Waals surface area contributed by atoms with Gasteiger partial charge in [0.05, 0.1) is 41.9 Å². The Morgan fingerprint density at radius 1 is 0.875 bits per heavy atom. The molecule has 0 radical (unpaired) electrons. The second-order valence-electron chi connectivity index (χ2n) is 6.86. The number of nitriles is 1. The predicted molar refractivity (Wildman–Crippen MR) is 116 cm³/mol. The van der Waals surface area contributed by atoms with Crippen LogP contribution >= 0.6 is 0 Å². The Morgan fingerprint density at radius 3 is 1.88 bits per heavy atom. The SMILES string of the molecule is CCOC(=O)C1=CN(C(=O)c2ccc(C#N)cc2)C=C(C(=O)OCC)C1c1ccccc1. The van der Waals surface area contributed by atoms with E-state index in [0.717, 1.165) is 0 Å². The third-order valence-electron chi connectivity index (χ3n) is 4.83. The summed E-state index contributed by atoms with van der Waals surface area (Å²) in [6, 6.07) is 17.1. The summed E-state index contributed by atoms with van der Waals surface area (Å²) >= 11 is 0. The number of rotatable bonds is 6. The van der Waals surface area contributed by atoms with Crippen LogP contribution in [-0.4, -0.2) is 36.0 Å². The maximum absolute atomic E-state index is 13.1. The number of carbonyl (C=O) groups excluding carboxylic acids is 3. The molecule has 0 bridgehead atoms. The Morgan fingerprint density at radius 2 is 1.41 bits per heavy atom. The zero-order valence-electron chi connectivity index (χ0n) is 17.8. The molecule has 2 aromatic carbocycles. The molecule has 0 saturated carbocycles. The molecular formula is C25H22N2O5. The molecule has 0 spiro atoms. The minimum Gasteiger partial charge on any atom is -0.463 e. The summed E-state index contributed by atoms with van der Waals surface area (Å²) in [6.45, 7) is 3.64. The van der Waals surface area contributed by atoms with Crippen molar-refractivity contribution >= 4 is 17.8 Å². The highest BCUT2D eigenvalue weighted by Crippen LogP contribution is 2.37. The normalized spacial score (nSPS) is 13.5. The molecule has 1 amide bonds. The van der Waals surface area contributed by atoms with E-state index in [-0.39, 0.29) is 24.4 Å². The molecule has 0 unspecified atom stereocenters. The van der Waals surface area contributed by atoms with Crippen LogP contribution in [0.4, 0.5) is 0 Å². The van der Waals surface area contributed by atoms with Gasteiger partial charge in [0.25, 0.3) is 5.91 Å². The highest BCUT2D eigenvalue weighted by atomic mass is 16.5. The molecular weight excluding hydrogens is 408 g/mol. The van der Waals surface area contributed by atoms with Gasteiger partial charge in [0.2, 0.25) is 0 Å². The van der Waals surface area contributed by atoms with E-state index < -0.39 is 23.8 Å². The summed E-state index contributed by atoms with van der Waals surface area (Å²) in [6.07, 6.45) is 2.78. The first-order valence-electron chi connectivity index (χ1n) is 10.2. The average molecular weight is 430 g/mol. The van der Waals surface area contributed by atoms with Crippen LogP contribution in [-0.2, 0) is 19.1 Å². The van der Waals surface area contributed by atoms with Crippen LogP contribution < -0.4 is 0 Å². The van der Waals surface area contributed by atoms with Crippen LogP contribution in [0, 0.1) is 11.3 Å². The number of nitrogens with zero attached hydrogens (tertiary/aromatic N) is 2. The van der Waals surface area contributed by atoms with Gasteiger partial charge >= 0.3 is 11.9 Å². The Hall–Kier alpha value is -4.18. The van der Waals surface area contributed by atoms with Crippen molar-refractivity contribution in [3.05, 3.63) is 94.8 Å². The summed E-state index contributed by atoms with van der Waals surface area (Å²) in [5.74, 6) is -2.48. The van der Waals surface area contributed by atoms with Gasteiger partial charge in [-0.15, -0.1) is 0 Å². The minimum absolute atomic E-state index is 0.139. The third kappa shape index (κ3) is 4.76. The Bertz CT molecular complexity index is 1080. The quantitative estimate of drug-likeness (QED) is 0.649. The van der Waals surface area contributed by atoms with E-state index in [9.17, 15) is 14.4 Å². The second kappa shape index (κ2) is 10.2. The van der Waals surface area contributed by atoms with Gasteiger partial charge in [0.1, 0.15) is 0 Å². The summed E-state index contributed by atoms with van der Waals surface area (Å²) in [5, 5.41) is 8.98. The largest absolute Gasteiger partial charge is 0.463 e. The lowest BCUT2D eigenvalue weighted by molar-refractivity contribution is -0.139.